The second-order valence-electron chi connectivity index (χ2n) is 4.21. The Kier molecular flexibility index (Phi) is 4.28. The third-order valence-electron chi connectivity index (χ3n) is 2.34. The molecule has 2 rings (SSSR count). The smallest absolute Gasteiger partial charge is 0.227 e. The normalized spacial score (nSPS) is 10.9. The van der Waals surface area contributed by atoms with Crippen LogP contribution in [-0.4, -0.2) is 15.3 Å². The van der Waals surface area contributed by atoms with Gasteiger partial charge in [-0.3, -0.25) is 4.79 Å². The van der Waals surface area contributed by atoms with Crippen molar-refractivity contribution in [2.75, 3.05) is 0 Å². The van der Waals surface area contributed by atoms with E-state index in [0.717, 1.165) is 5.01 Å². The van der Waals surface area contributed by atoms with Crippen molar-refractivity contribution < 1.29 is 14.3 Å². The Hall–Kier alpha value is -1.73. The maximum Gasteiger partial charge on any atom is 0.227 e. The van der Waals surface area contributed by atoms with E-state index >= 15 is 0 Å². The lowest BCUT2D eigenvalue weighted by Gasteiger charge is -2.02. The van der Waals surface area contributed by atoms with Gasteiger partial charge < -0.3 is 14.3 Å². The fourth-order valence-electron chi connectivity index (χ4n) is 1.32. The molecule has 0 bridgehead atoms. The predicted octanol–water partition coefficient (Wildman–Crippen LogP) is 1.69. The Morgan fingerprint density at radius 2 is 2.26 bits per heavy atom. The van der Waals surface area contributed by atoms with Crippen molar-refractivity contribution in [3.05, 3.63) is 38.3 Å². The van der Waals surface area contributed by atoms with Crippen molar-refractivity contribution in [2.24, 2.45) is 0 Å². The minimum atomic E-state index is -0.330. The zero-order valence-corrected chi connectivity index (χ0v) is 11.4. The molecule has 0 aromatic carbocycles. The van der Waals surface area contributed by atoms with Crippen LogP contribution < -0.4 is 10.2 Å². The molecule has 0 unspecified atom stereocenters. The summed E-state index contributed by atoms with van der Waals surface area (Å²) >= 11 is 1.45. The Bertz CT molecular complexity index is 606. The van der Waals surface area contributed by atoms with E-state index in [9.17, 15) is 4.79 Å². The molecule has 1 N–H and O–H groups in total. The van der Waals surface area contributed by atoms with E-state index in [-0.39, 0.29) is 30.2 Å². The second-order valence-corrected chi connectivity index (χ2v) is 5.30. The summed E-state index contributed by atoms with van der Waals surface area (Å²) < 4.78 is 10.3. The zero-order chi connectivity index (χ0) is 13.8. The fourth-order valence-corrected chi connectivity index (χ4v) is 2.08. The average Bonchev–Trinajstić information content (AvgIpc) is 2.86. The molecule has 2 aromatic rings. The Balaban J connectivity index is 2.03. The van der Waals surface area contributed by atoms with E-state index in [1.54, 1.807) is 0 Å². The second kappa shape index (κ2) is 5.94. The molecule has 0 aliphatic heterocycles. The minimum absolute atomic E-state index is 0.0958. The molecule has 0 aliphatic carbocycles. The summed E-state index contributed by atoms with van der Waals surface area (Å²) in [6.45, 7) is 3.93. The SMILES string of the molecule is CC(C)c1nnc(COc2coc(CO)cc2=O)s1. The number of aliphatic hydroxyl groups is 1. The standard InChI is InChI=1S/C12H14N2O4S/c1-7(2)12-14-13-11(19-12)6-18-10-5-17-8(4-15)3-9(10)16/h3,5,7,15H,4,6H2,1-2H3. The van der Waals surface area contributed by atoms with Crippen LogP contribution >= 0.6 is 11.3 Å². The first-order valence-electron chi connectivity index (χ1n) is 5.77. The third-order valence-corrected chi connectivity index (χ3v) is 3.53. The van der Waals surface area contributed by atoms with Crippen LogP contribution in [0.4, 0.5) is 0 Å². The summed E-state index contributed by atoms with van der Waals surface area (Å²) in [6.07, 6.45) is 1.19. The van der Waals surface area contributed by atoms with Crippen LogP contribution in [0.5, 0.6) is 5.75 Å². The molecule has 0 saturated heterocycles. The van der Waals surface area contributed by atoms with Gasteiger partial charge in [0, 0.05) is 12.0 Å². The highest BCUT2D eigenvalue weighted by Gasteiger charge is 2.10. The van der Waals surface area contributed by atoms with Gasteiger partial charge in [-0.05, 0) is 0 Å². The summed E-state index contributed by atoms with van der Waals surface area (Å²) in [6, 6.07) is 1.20. The lowest BCUT2D eigenvalue weighted by Crippen LogP contribution is -2.07. The average molecular weight is 282 g/mol. The van der Waals surface area contributed by atoms with Crippen LogP contribution in [0.3, 0.4) is 0 Å². The molecule has 0 spiro atoms. The fraction of sp³-hybridized carbons (Fsp3) is 0.417. The number of hydrogen-bond donors (Lipinski definition) is 1. The predicted molar refractivity (Wildman–Crippen MR) is 69.2 cm³/mol. The third kappa shape index (κ3) is 3.39. The number of nitrogens with zero attached hydrogens (tertiary/aromatic N) is 2. The van der Waals surface area contributed by atoms with E-state index in [1.165, 1.54) is 23.7 Å². The Morgan fingerprint density at radius 3 is 2.84 bits per heavy atom. The molecule has 7 heteroatoms. The highest BCUT2D eigenvalue weighted by Crippen LogP contribution is 2.19. The number of ether oxygens (including phenoxy) is 1. The molecule has 0 saturated carbocycles. The van der Waals surface area contributed by atoms with E-state index in [0.29, 0.717) is 10.9 Å². The molecule has 0 aliphatic rings. The molecule has 2 heterocycles. The van der Waals surface area contributed by atoms with Crippen molar-refractivity contribution >= 4 is 11.3 Å². The lowest BCUT2D eigenvalue weighted by molar-refractivity contribution is 0.236. The first-order valence-corrected chi connectivity index (χ1v) is 6.59. The molecule has 102 valence electrons. The zero-order valence-electron chi connectivity index (χ0n) is 10.6. The van der Waals surface area contributed by atoms with Crippen molar-refractivity contribution in [1.29, 1.82) is 0 Å². The van der Waals surface area contributed by atoms with Gasteiger partial charge in [0.2, 0.25) is 11.2 Å². The quantitative estimate of drug-likeness (QED) is 0.898. The van der Waals surface area contributed by atoms with E-state index in [4.69, 9.17) is 14.3 Å². The maximum absolute atomic E-state index is 11.6. The Morgan fingerprint density at radius 1 is 1.47 bits per heavy atom. The molecule has 2 aromatic heterocycles. The highest BCUT2D eigenvalue weighted by atomic mass is 32.1. The van der Waals surface area contributed by atoms with Crippen LogP contribution in [0.25, 0.3) is 0 Å². The number of rotatable bonds is 5. The molecule has 19 heavy (non-hydrogen) atoms. The molecule has 0 fully saturated rings. The summed E-state index contributed by atoms with van der Waals surface area (Å²) in [4.78, 5) is 11.6. The molecular formula is C12H14N2O4S. The van der Waals surface area contributed by atoms with Gasteiger partial charge in [-0.1, -0.05) is 25.2 Å². The van der Waals surface area contributed by atoms with E-state index < -0.39 is 0 Å². The Labute approximate surface area is 113 Å². The lowest BCUT2D eigenvalue weighted by atomic mass is 10.2. The molecule has 0 amide bonds. The topological polar surface area (TPSA) is 85.5 Å². The van der Waals surface area contributed by atoms with E-state index in [2.05, 4.69) is 10.2 Å². The van der Waals surface area contributed by atoms with Gasteiger partial charge in [0.05, 0.1) is 0 Å². The van der Waals surface area contributed by atoms with Gasteiger partial charge in [-0.15, -0.1) is 10.2 Å². The van der Waals surface area contributed by atoms with Crippen LogP contribution in [0.1, 0.15) is 35.5 Å². The highest BCUT2D eigenvalue weighted by molar-refractivity contribution is 7.11. The van der Waals surface area contributed by atoms with Crippen LogP contribution in [0, 0.1) is 0 Å². The molecule has 0 atom stereocenters. The summed E-state index contributed by atoms with van der Waals surface area (Å²) in [5, 5.41) is 18.5. The van der Waals surface area contributed by atoms with Crippen molar-refractivity contribution in [3.8, 4) is 5.75 Å². The van der Waals surface area contributed by atoms with Crippen LogP contribution in [0.2, 0.25) is 0 Å². The summed E-state index contributed by atoms with van der Waals surface area (Å²) in [5.41, 5.74) is -0.330. The number of hydrogen-bond acceptors (Lipinski definition) is 7. The minimum Gasteiger partial charge on any atom is -0.479 e. The van der Waals surface area contributed by atoms with Gasteiger partial charge in [0.25, 0.3) is 0 Å². The van der Waals surface area contributed by atoms with Gasteiger partial charge in [-0.2, -0.15) is 0 Å². The van der Waals surface area contributed by atoms with E-state index in [1.807, 2.05) is 13.8 Å². The summed E-state index contributed by atoms with van der Waals surface area (Å²) in [7, 11) is 0. The van der Waals surface area contributed by atoms with Crippen LogP contribution in [0.15, 0.2) is 21.5 Å². The first-order chi connectivity index (χ1) is 9.10. The van der Waals surface area contributed by atoms with Crippen LogP contribution in [-0.2, 0) is 13.2 Å². The summed E-state index contributed by atoms with van der Waals surface area (Å²) in [5.74, 6) is 0.619. The number of aliphatic hydroxyl groups excluding tert-OH is 1. The molecular weight excluding hydrogens is 268 g/mol. The van der Waals surface area contributed by atoms with Crippen molar-refractivity contribution in [2.45, 2.75) is 33.0 Å². The largest absolute Gasteiger partial charge is 0.479 e. The maximum atomic E-state index is 11.6. The first kappa shape index (κ1) is 13.7. The monoisotopic (exact) mass is 282 g/mol. The number of aromatic nitrogens is 2. The van der Waals surface area contributed by atoms with Crippen molar-refractivity contribution in [3.63, 3.8) is 0 Å². The van der Waals surface area contributed by atoms with Gasteiger partial charge in [0.15, 0.2) is 5.01 Å². The molecule has 6 nitrogen and oxygen atoms in total. The van der Waals surface area contributed by atoms with Gasteiger partial charge >= 0.3 is 0 Å². The van der Waals surface area contributed by atoms with Gasteiger partial charge in [0.1, 0.15) is 30.2 Å². The van der Waals surface area contributed by atoms with Gasteiger partial charge in [-0.25, -0.2) is 0 Å². The van der Waals surface area contributed by atoms with Crippen molar-refractivity contribution in [1.82, 2.24) is 10.2 Å². The molecule has 0 radical (unpaired) electrons.